The first-order valence-corrected chi connectivity index (χ1v) is 9.50. The maximum Gasteiger partial charge on any atom is 0.188 e. The van der Waals surface area contributed by atoms with Gasteiger partial charge in [0.15, 0.2) is 5.96 Å². The number of guanidine groups is 1. The van der Waals surface area contributed by atoms with E-state index < -0.39 is 0 Å². The van der Waals surface area contributed by atoms with E-state index in [1.807, 2.05) is 12.1 Å². The Morgan fingerprint density at radius 1 is 1.08 bits per heavy atom. The molecule has 1 aliphatic carbocycles. The maximum atomic E-state index is 13.0. The van der Waals surface area contributed by atoms with Crippen molar-refractivity contribution in [2.24, 2.45) is 10.7 Å². The summed E-state index contributed by atoms with van der Waals surface area (Å²) < 4.78 is 13.0. The van der Waals surface area contributed by atoms with Crippen molar-refractivity contribution >= 4 is 11.6 Å². The maximum absolute atomic E-state index is 13.0. The van der Waals surface area contributed by atoms with Crippen LogP contribution in [-0.2, 0) is 0 Å². The van der Waals surface area contributed by atoms with Crippen LogP contribution >= 0.6 is 0 Å². The fourth-order valence-corrected chi connectivity index (χ4v) is 3.70. The van der Waals surface area contributed by atoms with Crippen LogP contribution in [-0.4, -0.2) is 56.2 Å². The summed E-state index contributed by atoms with van der Waals surface area (Å²) in [4.78, 5) is 9.20. The average molecular weight is 347 g/mol. The van der Waals surface area contributed by atoms with E-state index in [4.69, 9.17) is 5.73 Å². The summed E-state index contributed by atoms with van der Waals surface area (Å²) in [5, 5.41) is 3.36. The smallest absolute Gasteiger partial charge is 0.188 e. The van der Waals surface area contributed by atoms with E-state index in [-0.39, 0.29) is 5.82 Å². The molecule has 0 aromatic heterocycles. The normalized spacial score (nSPS) is 20.7. The highest BCUT2D eigenvalue weighted by molar-refractivity contribution is 5.78. The molecule has 138 valence electrons. The molecule has 5 nitrogen and oxygen atoms in total. The topological polar surface area (TPSA) is 56.9 Å². The van der Waals surface area contributed by atoms with Crippen LogP contribution in [0.3, 0.4) is 0 Å². The molecule has 0 radical (unpaired) electrons. The molecule has 0 unspecified atom stereocenters. The largest absolute Gasteiger partial charge is 0.370 e. The van der Waals surface area contributed by atoms with Gasteiger partial charge in [0, 0.05) is 44.5 Å². The highest BCUT2D eigenvalue weighted by atomic mass is 19.1. The number of benzene rings is 1. The van der Waals surface area contributed by atoms with Crippen LogP contribution < -0.4 is 16.0 Å². The molecule has 1 aliphatic heterocycles. The molecule has 0 spiro atoms. The number of nitrogens with one attached hydrogen (secondary N) is 1. The number of piperazine rings is 1. The standard InChI is InChI=1S/C19H30FN5/c20-16-6-8-18(9-7-16)25-14-12-24(13-15-25)11-10-22-19(21)23-17-4-2-1-3-5-17/h6-9,17H,1-5,10-15H2,(H3,21,22,23). The molecule has 1 aromatic carbocycles. The van der Waals surface area contributed by atoms with E-state index in [0.717, 1.165) is 45.0 Å². The first-order chi connectivity index (χ1) is 12.2. The van der Waals surface area contributed by atoms with E-state index in [0.29, 0.717) is 12.0 Å². The van der Waals surface area contributed by atoms with Crippen LogP contribution in [0.15, 0.2) is 29.3 Å². The van der Waals surface area contributed by atoms with Gasteiger partial charge in [-0.15, -0.1) is 0 Å². The predicted octanol–water partition coefficient (Wildman–Crippen LogP) is 2.18. The summed E-state index contributed by atoms with van der Waals surface area (Å²) in [5.74, 6) is 0.413. The Morgan fingerprint density at radius 3 is 2.44 bits per heavy atom. The van der Waals surface area contributed by atoms with Crippen molar-refractivity contribution < 1.29 is 4.39 Å². The average Bonchev–Trinajstić information content (AvgIpc) is 2.64. The van der Waals surface area contributed by atoms with Crippen molar-refractivity contribution in [3.8, 4) is 0 Å². The third-order valence-electron chi connectivity index (χ3n) is 5.22. The second kappa shape index (κ2) is 9.04. The highest BCUT2D eigenvalue weighted by Gasteiger charge is 2.17. The van der Waals surface area contributed by atoms with Gasteiger partial charge in [0.2, 0.25) is 0 Å². The molecule has 25 heavy (non-hydrogen) atoms. The second-order valence-electron chi connectivity index (χ2n) is 7.05. The molecular formula is C19H30FN5. The molecule has 0 amide bonds. The number of anilines is 1. The van der Waals surface area contributed by atoms with Gasteiger partial charge in [-0.2, -0.15) is 0 Å². The minimum absolute atomic E-state index is 0.181. The molecule has 1 aromatic rings. The predicted molar refractivity (Wildman–Crippen MR) is 102 cm³/mol. The quantitative estimate of drug-likeness (QED) is 0.633. The van der Waals surface area contributed by atoms with Crippen LogP contribution in [0, 0.1) is 5.82 Å². The summed E-state index contributed by atoms with van der Waals surface area (Å²) in [6.45, 7) is 5.61. The molecule has 6 heteroatoms. The van der Waals surface area contributed by atoms with Crippen molar-refractivity contribution in [2.45, 2.75) is 38.1 Å². The molecule has 1 heterocycles. The third-order valence-corrected chi connectivity index (χ3v) is 5.22. The Kier molecular flexibility index (Phi) is 6.50. The molecular weight excluding hydrogens is 317 g/mol. The first-order valence-electron chi connectivity index (χ1n) is 9.50. The van der Waals surface area contributed by atoms with Gasteiger partial charge in [0.1, 0.15) is 5.82 Å². The molecule has 1 saturated heterocycles. The number of aliphatic imine (C=N–C) groups is 1. The van der Waals surface area contributed by atoms with Gasteiger partial charge in [-0.1, -0.05) is 19.3 Å². The Labute approximate surface area is 150 Å². The lowest BCUT2D eigenvalue weighted by Crippen LogP contribution is -2.47. The fourth-order valence-electron chi connectivity index (χ4n) is 3.70. The zero-order valence-corrected chi connectivity index (χ0v) is 15.0. The minimum atomic E-state index is -0.181. The van der Waals surface area contributed by atoms with Gasteiger partial charge >= 0.3 is 0 Å². The Hall–Kier alpha value is -1.82. The van der Waals surface area contributed by atoms with Crippen molar-refractivity contribution in [3.05, 3.63) is 30.1 Å². The van der Waals surface area contributed by atoms with Crippen molar-refractivity contribution in [1.29, 1.82) is 0 Å². The number of rotatable bonds is 5. The zero-order chi connectivity index (χ0) is 17.5. The van der Waals surface area contributed by atoms with E-state index in [2.05, 4.69) is 20.1 Å². The molecule has 3 N–H and O–H groups in total. The molecule has 2 fully saturated rings. The van der Waals surface area contributed by atoms with Crippen LogP contribution in [0.2, 0.25) is 0 Å². The van der Waals surface area contributed by atoms with E-state index in [1.165, 1.54) is 44.2 Å². The Balaban J connectivity index is 1.36. The molecule has 0 bridgehead atoms. The van der Waals surface area contributed by atoms with E-state index in [1.54, 1.807) is 0 Å². The summed E-state index contributed by atoms with van der Waals surface area (Å²) in [6.07, 6.45) is 6.36. The van der Waals surface area contributed by atoms with Gasteiger partial charge in [0.05, 0.1) is 6.54 Å². The van der Waals surface area contributed by atoms with Crippen LogP contribution in [0.25, 0.3) is 0 Å². The highest BCUT2D eigenvalue weighted by Crippen LogP contribution is 2.17. The molecule has 0 atom stereocenters. The lowest BCUT2D eigenvalue weighted by Gasteiger charge is -2.35. The molecule has 3 rings (SSSR count). The summed E-state index contributed by atoms with van der Waals surface area (Å²) in [7, 11) is 0. The van der Waals surface area contributed by atoms with E-state index >= 15 is 0 Å². The zero-order valence-electron chi connectivity index (χ0n) is 15.0. The van der Waals surface area contributed by atoms with Gasteiger partial charge in [-0.05, 0) is 37.1 Å². The van der Waals surface area contributed by atoms with Gasteiger partial charge in [-0.25, -0.2) is 4.39 Å². The van der Waals surface area contributed by atoms with Gasteiger partial charge < -0.3 is 16.0 Å². The molecule has 2 aliphatic rings. The van der Waals surface area contributed by atoms with Crippen LogP contribution in [0.5, 0.6) is 0 Å². The number of halogens is 1. The molecule has 1 saturated carbocycles. The van der Waals surface area contributed by atoms with Crippen molar-refractivity contribution in [2.75, 3.05) is 44.2 Å². The first kappa shape index (κ1) is 18.0. The summed E-state index contributed by atoms with van der Waals surface area (Å²) in [6, 6.07) is 7.27. The summed E-state index contributed by atoms with van der Waals surface area (Å²) in [5.41, 5.74) is 7.11. The Bertz CT molecular complexity index is 545. The lowest BCUT2D eigenvalue weighted by atomic mass is 9.96. The second-order valence-corrected chi connectivity index (χ2v) is 7.05. The van der Waals surface area contributed by atoms with Crippen molar-refractivity contribution in [3.63, 3.8) is 0 Å². The number of hydrogen-bond acceptors (Lipinski definition) is 3. The lowest BCUT2D eigenvalue weighted by molar-refractivity contribution is 0.265. The number of nitrogens with two attached hydrogens (primary N) is 1. The van der Waals surface area contributed by atoms with E-state index in [9.17, 15) is 4.39 Å². The van der Waals surface area contributed by atoms with Gasteiger partial charge in [0.25, 0.3) is 0 Å². The summed E-state index contributed by atoms with van der Waals surface area (Å²) >= 11 is 0. The van der Waals surface area contributed by atoms with Gasteiger partial charge in [-0.3, -0.25) is 9.89 Å². The third kappa shape index (κ3) is 5.59. The van der Waals surface area contributed by atoms with Crippen molar-refractivity contribution in [1.82, 2.24) is 10.2 Å². The van der Waals surface area contributed by atoms with Crippen LogP contribution in [0.4, 0.5) is 10.1 Å². The number of hydrogen-bond donors (Lipinski definition) is 2. The van der Waals surface area contributed by atoms with Crippen LogP contribution in [0.1, 0.15) is 32.1 Å². The fraction of sp³-hybridized carbons (Fsp3) is 0.632. The minimum Gasteiger partial charge on any atom is -0.370 e. The number of nitrogens with zero attached hydrogens (tertiary/aromatic N) is 3. The Morgan fingerprint density at radius 2 is 1.76 bits per heavy atom. The monoisotopic (exact) mass is 347 g/mol. The SMILES string of the molecule is NC(=NCCN1CCN(c2ccc(F)cc2)CC1)NC1CCCCC1.